The van der Waals surface area contributed by atoms with Gasteiger partial charge in [0.1, 0.15) is 0 Å². The van der Waals surface area contributed by atoms with E-state index in [9.17, 15) is 14.7 Å². The molecule has 0 bridgehead atoms. The van der Waals surface area contributed by atoms with Crippen molar-refractivity contribution in [3.63, 3.8) is 0 Å². The average molecular weight is 381 g/mol. The Kier molecular flexibility index (Phi) is 3.93. The molecule has 1 heterocycles. The fraction of sp³-hybridized carbons (Fsp3) is 0.375. The van der Waals surface area contributed by atoms with Gasteiger partial charge in [-0.15, -0.1) is 0 Å². The van der Waals surface area contributed by atoms with Gasteiger partial charge in [-0.1, -0.05) is 28.1 Å². The first kappa shape index (κ1) is 16.0. The van der Waals surface area contributed by atoms with Gasteiger partial charge in [0.15, 0.2) is 0 Å². The van der Waals surface area contributed by atoms with Crippen molar-refractivity contribution in [2.45, 2.75) is 24.9 Å². The van der Waals surface area contributed by atoms with Crippen LogP contribution in [0.2, 0.25) is 0 Å². The Bertz CT molecular complexity index is 808. The van der Waals surface area contributed by atoms with Crippen molar-refractivity contribution < 1.29 is 14.6 Å². The fourth-order valence-corrected chi connectivity index (χ4v) is 3.86. The fourth-order valence-electron chi connectivity index (χ4n) is 3.44. The second kappa shape index (κ2) is 5.65. The van der Waals surface area contributed by atoms with Crippen LogP contribution in [0, 0.1) is 5.92 Å². The number of hydrogen-bond donors (Lipinski definition) is 3. The van der Waals surface area contributed by atoms with Gasteiger partial charge in [-0.3, -0.25) is 14.7 Å². The largest absolute Gasteiger partial charge is 0.469 e. The van der Waals surface area contributed by atoms with Crippen LogP contribution in [-0.2, 0) is 16.0 Å². The number of halogens is 1. The molecule has 1 aromatic carbocycles. The lowest BCUT2D eigenvalue weighted by Crippen LogP contribution is -2.49. The monoisotopic (exact) mass is 380 g/mol. The second-order valence-electron chi connectivity index (χ2n) is 6.04. The zero-order valence-electron chi connectivity index (χ0n) is 12.7. The summed E-state index contributed by atoms with van der Waals surface area (Å²) in [5.41, 5.74) is 0.240. The summed E-state index contributed by atoms with van der Waals surface area (Å²) >= 11 is 3.41. The van der Waals surface area contributed by atoms with E-state index >= 15 is 0 Å². The van der Waals surface area contributed by atoms with E-state index in [0.717, 1.165) is 10.0 Å². The number of esters is 1. The summed E-state index contributed by atoms with van der Waals surface area (Å²) in [6, 6.07) is 7.37. The summed E-state index contributed by atoms with van der Waals surface area (Å²) in [5.74, 6) is -1.99. The quantitative estimate of drug-likeness (QED) is 0.690. The van der Waals surface area contributed by atoms with E-state index in [1.165, 1.54) is 7.11 Å². The molecule has 1 aromatic heterocycles. The summed E-state index contributed by atoms with van der Waals surface area (Å²) in [4.78, 5) is 24.6. The van der Waals surface area contributed by atoms with E-state index in [4.69, 9.17) is 4.74 Å². The molecule has 0 radical (unpaired) electrons. The van der Waals surface area contributed by atoms with Gasteiger partial charge in [-0.25, -0.2) is 0 Å². The number of fused-ring (bicyclic) bond motifs is 1. The maximum absolute atomic E-state index is 12.4. The molecule has 0 amide bonds. The van der Waals surface area contributed by atoms with Gasteiger partial charge in [-0.05, 0) is 24.6 Å². The molecule has 0 aliphatic heterocycles. The summed E-state index contributed by atoms with van der Waals surface area (Å²) in [5, 5.41) is 16.2. The molecule has 0 saturated heterocycles. The highest BCUT2D eigenvalue weighted by atomic mass is 79.9. The number of benzene rings is 1. The first-order valence-electron chi connectivity index (χ1n) is 7.20. The van der Waals surface area contributed by atoms with Crippen LogP contribution in [0.4, 0.5) is 0 Å². The Morgan fingerprint density at radius 1 is 1.43 bits per heavy atom. The van der Waals surface area contributed by atoms with Crippen LogP contribution in [0.5, 0.6) is 0 Å². The van der Waals surface area contributed by atoms with E-state index in [-0.39, 0.29) is 12.0 Å². The maximum Gasteiger partial charge on any atom is 0.312 e. The summed E-state index contributed by atoms with van der Waals surface area (Å²) in [6.45, 7) is 1.59. The molecule has 23 heavy (non-hydrogen) atoms. The minimum Gasteiger partial charge on any atom is -0.469 e. The van der Waals surface area contributed by atoms with Crippen LogP contribution in [0.1, 0.15) is 29.7 Å². The second-order valence-corrected chi connectivity index (χ2v) is 6.95. The lowest BCUT2D eigenvalue weighted by molar-refractivity contribution is -0.156. The molecular formula is C16H17BrN2O4. The van der Waals surface area contributed by atoms with Crippen molar-refractivity contribution in [1.82, 2.24) is 10.2 Å². The normalized spacial score (nSPS) is 26.6. The van der Waals surface area contributed by atoms with Crippen molar-refractivity contribution in [2.24, 2.45) is 5.92 Å². The van der Waals surface area contributed by atoms with Gasteiger partial charge in [0.05, 0.1) is 18.6 Å². The molecule has 3 N–H and O–H groups in total. The number of carbonyl (C=O) groups excluding carboxylic acids is 1. The number of rotatable bonds is 2. The Morgan fingerprint density at radius 2 is 2.17 bits per heavy atom. The molecule has 3 atom stereocenters. The van der Waals surface area contributed by atoms with Crippen LogP contribution in [0.25, 0.3) is 0 Å². The number of H-pyrrole nitrogens is 2. The summed E-state index contributed by atoms with van der Waals surface area (Å²) < 4.78 is 5.74. The van der Waals surface area contributed by atoms with E-state index < -0.39 is 23.4 Å². The predicted octanol–water partition coefficient (Wildman–Crippen LogP) is 1.69. The number of aliphatic hydroxyl groups is 1. The molecule has 3 rings (SSSR count). The lowest BCUT2D eigenvalue weighted by Gasteiger charge is -2.40. The molecule has 7 heteroatoms. The predicted molar refractivity (Wildman–Crippen MR) is 87.2 cm³/mol. The smallest absolute Gasteiger partial charge is 0.312 e. The van der Waals surface area contributed by atoms with Gasteiger partial charge in [0, 0.05) is 28.1 Å². The number of nitrogens with one attached hydrogen (secondary N) is 2. The van der Waals surface area contributed by atoms with Gasteiger partial charge >= 0.3 is 5.97 Å². The Hall–Kier alpha value is -1.86. The Labute approximate surface area is 141 Å². The van der Waals surface area contributed by atoms with Gasteiger partial charge in [0.25, 0.3) is 5.56 Å². The molecule has 1 aliphatic rings. The molecular weight excluding hydrogens is 364 g/mol. The highest BCUT2D eigenvalue weighted by Gasteiger charge is 2.51. The minimum absolute atomic E-state index is 0.172. The van der Waals surface area contributed by atoms with E-state index in [1.54, 1.807) is 6.92 Å². The molecule has 0 fully saturated rings. The van der Waals surface area contributed by atoms with Crippen molar-refractivity contribution in [3.8, 4) is 0 Å². The maximum atomic E-state index is 12.4. The summed E-state index contributed by atoms with van der Waals surface area (Å²) in [7, 11) is 1.28. The highest BCUT2D eigenvalue weighted by Crippen LogP contribution is 2.44. The molecule has 6 nitrogen and oxygen atoms in total. The van der Waals surface area contributed by atoms with Crippen LogP contribution in [0.15, 0.2) is 33.5 Å². The molecule has 0 saturated carbocycles. The van der Waals surface area contributed by atoms with Gasteiger partial charge < -0.3 is 14.9 Å². The van der Waals surface area contributed by atoms with E-state index in [2.05, 4.69) is 26.1 Å². The zero-order chi connectivity index (χ0) is 16.8. The standard InChI is InChI=1S/C16H17BrN2O4/c1-16(22)7-10-12(14(20)19-18-10)11(13(16)15(21)23-2)8-4-3-5-9(17)6-8/h3-6,11,13,22H,7H2,1-2H3,(H2,18,19,20)/t11-,13+,16-/m1/s1. The number of hydrogen-bond acceptors (Lipinski definition) is 4. The Balaban J connectivity index is 2.26. The number of methoxy groups -OCH3 is 1. The van der Waals surface area contributed by atoms with Crippen molar-refractivity contribution in [3.05, 3.63) is 55.9 Å². The van der Waals surface area contributed by atoms with E-state index in [1.807, 2.05) is 24.3 Å². The van der Waals surface area contributed by atoms with Crippen molar-refractivity contribution >= 4 is 21.9 Å². The minimum atomic E-state index is -1.34. The van der Waals surface area contributed by atoms with Crippen molar-refractivity contribution in [1.29, 1.82) is 0 Å². The SMILES string of the molecule is COC(=O)[C@@H]1[C@H](c2cccc(Br)c2)c2c([nH][nH]c2=O)C[C@@]1(C)O. The first-order valence-corrected chi connectivity index (χ1v) is 7.99. The third-order valence-electron chi connectivity index (χ3n) is 4.41. The van der Waals surface area contributed by atoms with E-state index in [0.29, 0.717) is 11.3 Å². The first-order chi connectivity index (χ1) is 10.8. The number of aromatic amines is 2. The molecule has 0 spiro atoms. The van der Waals surface area contributed by atoms with Gasteiger partial charge in [0.2, 0.25) is 0 Å². The third kappa shape index (κ3) is 2.64. The number of aromatic nitrogens is 2. The topological polar surface area (TPSA) is 95.2 Å². The Morgan fingerprint density at radius 3 is 2.83 bits per heavy atom. The third-order valence-corrected chi connectivity index (χ3v) is 4.90. The number of ether oxygens (including phenoxy) is 1. The van der Waals surface area contributed by atoms with Crippen molar-refractivity contribution in [2.75, 3.05) is 7.11 Å². The molecule has 0 unspecified atom stereocenters. The number of carbonyl (C=O) groups is 1. The lowest BCUT2D eigenvalue weighted by atomic mass is 9.66. The molecule has 1 aliphatic carbocycles. The van der Waals surface area contributed by atoms with Crippen LogP contribution >= 0.6 is 15.9 Å². The highest BCUT2D eigenvalue weighted by molar-refractivity contribution is 9.10. The van der Waals surface area contributed by atoms with Gasteiger partial charge in [-0.2, -0.15) is 0 Å². The summed E-state index contributed by atoms with van der Waals surface area (Å²) in [6.07, 6.45) is 0.172. The van der Waals surface area contributed by atoms with Crippen LogP contribution in [-0.4, -0.2) is 34.0 Å². The average Bonchev–Trinajstić information content (AvgIpc) is 2.84. The molecule has 122 valence electrons. The molecule has 2 aromatic rings. The zero-order valence-corrected chi connectivity index (χ0v) is 14.3. The van der Waals surface area contributed by atoms with Crippen LogP contribution < -0.4 is 5.56 Å². The van der Waals surface area contributed by atoms with Crippen LogP contribution in [0.3, 0.4) is 0 Å².